The van der Waals surface area contributed by atoms with Crippen LogP contribution < -0.4 is 5.32 Å². The minimum atomic E-state index is 0.693. The summed E-state index contributed by atoms with van der Waals surface area (Å²) in [5.74, 6) is 1.71. The minimum Gasteiger partial charge on any atom is -0.310 e. The van der Waals surface area contributed by atoms with E-state index < -0.39 is 0 Å². The van der Waals surface area contributed by atoms with E-state index in [1.165, 1.54) is 30.4 Å². The summed E-state index contributed by atoms with van der Waals surface area (Å²) in [6.07, 6.45) is 4.08. The number of nitrogens with zero attached hydrogens (tertiary/aromatic N) is 1. The third kappa shape index (κ3) is 4.32. The Bertz CT molecular complexity index is 414. The zero-order chi connectivity index (χ0) is 14.5. The summed E-state index contributed by atoms with van der Waals surface area (Å²) < 4.78 is 0. The third-order valence-electron chi connectivity index (χ3n) is 4.59. The Morgan fingerprint density at radius 2 is 1.80 bits per heavy atom. The van der Waals surface area contributed by atoms with E-state index in [1.54, 1.807) is 0 Å². The Kier molecular flexibility index (Phi) is 5.62. The van der Waals surface area contributed by atoms with Crippen LogP contribution in [-0.4, -0.2) is 25.0 Å². The van der Waals surface area contributed by atoms with Gasteiger partial charge in [0.15, 0.2) is 0 Å². The molecule has 2 nitrogen and oxygen atoms in total. The van der Waals surface area contributed by atoms with Gasteiger partial charge in [-0.05, 0) is 56.3 Å². The summed E-state index contributed by atoms with van der Waals surface area (Å²) in [7, 11) is 4.27. The first-order valence-corrected chi connectivity index (χ1v) is 8.01. The summed E-state index contributed by atoms with van der Waals surface area (Å²) in [4.78, 5) is 2.24. The Morgan fingerprint density at radius 3 is 2.45 bits per heavy atom. The topological polar surface area (TPSA) is 15.3 Å². The van der Waals surface area contributed by atoms with Gasteiger partial charge in [0.25, 0.3) is 0 Å². The summed E-state index contributed by atoms with van der Waals surface area (Å²) in [5.41, 5.74) is 2.90. The van der Waals surface area contributed by atoms with Crippen molar-refractivity contribution in [2.45, 2.75) is 52.2 Å². The second kappa shape index (κ2) is 7.24. The summed E-state index contributed by atoms with van der Waals surface area (Å²) in [6, 6.07) is 9.51. The monoisotopic (exact) mass is 274 g/mol. The number of nitrogens with one attached hydrogen (secondary N) is 1. The van der Waals surface area contributed by atoms with Crippen molar-refractivity contribution < 1.29 is 0 Å². The normalized spacial score (nSPS) is 26.9. The molecule has 1 saturated carbocycles. The van der Waals surface area contributed by atoms with Crippen LogP contribution in [0, 0.1) is 11.8 Å². The van der Waals surface area contributed by atoms with Crippen molar-refractivity contribution in [3.05, 3.63) is 35.4 Å². The lowest BCUT2D eigenvalue weighted by atomic mass is 9.80. The molecular weight excluding hydrogens is 244 g/mol. The van der Waals surface area contributed by atoms with Crippen molar-refractivity contribution in [2.24, 2.45) is 11.8 Å². The molecule has 0 radical (unpaired) electrons. The van der Waals surface area contributed by atoms with Crippen molar-refractivity contribution in [3.8, 4) is 0 Å². The van der Waals surface area contributed by atoms with E-state index in [0.717, 1.165) is 24.9 Å². The van der Waals surface area contributed by atoms with Gasteiger partial charge >= 0.3 is 0 Å². The van der Waals surface area contributed by atoms with Crippen LogP contribution in [0.3, 0.4) is 0 Å². The molecule has 0 heterocycles. The maximum absolute atomic E-state index is 3.80. The average Bonchev–Trinajstić information content (AvgIpc) is 2.39. The fraction of sp³-hybridized carbons (Fsp3) is 0.667. The molecule has 1 aliphatic rings. The molecule has 0 spiro atoms. The summed E-state index contributed by atoms with van der Waals surface area (Å²) in [6.45, 7) is 6.82. The predicted molar refractivity (Wildman–Crippen MR) is 86.6 cm³/mol. The van der Waals surface area contributed by atoms with Gasteiger partial charge in [-0.15, -0.1) is 0 Å². The lowest BCUT2D eigenvalue weighted by Crippen LogP contribution is -2.38. The lowest BCUT2D eigenvalue weighted by Gasteiger charge is -2.33. The summed E-state index contributed by atoms with van der Waals surface area (Å²) in [5, 5.41) is 3.80. The molecular formula is C18H30N2. The maximum atomic E-state index is 3.80. The first-order chi connectivity index (χ1) is 9.56. The second-order valence-corrected chi connectivity index (χ2v) is 6.89. The molecule has 2 rings (SSSR count). The highest BCUT2D eigenvalue weighted by Crippen LogP contribution is 2.28. The highest BCUT2D eigenvalue weighted by molar-refractivity contribution is 5.27. The Hall–Kier alpha value is -0.860. The van der Waals surface area contributed by atoms with E-state index in [-0.39, 0.29) is 0 Å². The zero-order valence-electron chi connectivity index (χ0n) is 13.5. The van der Waals surface area contributed by atoms with E-state index >= 15 is 0 Å². The Balaban J connectivity index is 1.93. The highest BCUT2D eigenvalue weighted by Gasteiger charge is 2.24. The fourth-order valence-electron chi connectivity index (χ4n) is 3.43. The third-order valence-corrected chi connectivity index (χ3v) is 4.59. The SMILES string of the molecule is CC1CCC(NCc2ccccc2CN(C)C)C(C)C1. The molecule has 1 aliphatic carbocycles. The van der Waals surface area contributed by atoms with E-state index in [0.29, 0.717) is 6.04 Å². The first-order valence-electron chi connectivity index (χ1n) is 8.01. The highest BCUT2D eigenvalue weighted by atomic mass is 15.0. The average molecular weight is 274 g/mol. The van der Waals surface area contributed by atoms with Gasteiger partial charge in [0.05, 0.1) is 0 Å². The van der Waals surface area contributed by atoms with Gasteiger partial charge in [-0.3, -0.25) is 0 Å². The van der Waals surface area contributed by atoms with Gasteiger partial charge in [0, 0.05) is 19.1 Å². The standard InChI is InChI=1S/C18H30N2/c1-14-9-10-18(15(2)11-14)19-12-16-7-5-6-8-17(16)13-20(3)4/h5-8,14-15,18-19H,9-13H2,1-4H3. The van der Waals surface area contributed by atoms with Gasteiger partial charge in [-0.25, -0.2) is 0 Å². The quantitative estimate of drug-likeness (QED) is 0.881. The van der Waals surface area contributed by atoms with Gasteiger partial charge in [0.1, 0.15) is 0 Å². The van der Waals surface area contributed by atoms with Crippen LogP contribution in [0.4, 0.5) is 0 Å². The summed E-state index contributed by atoms with van der Waals surface area (Å²) >= 11 is 0. The molecule has 1 aromatic carbocycles. The molecule has 1 N–H and O–H groups in total. The molecule has 3 unspecified atom stereocenters. The smallest absolute Gasteiger partial charge is 0.0230 e. The molecule has 0 saturated heterocycles. The minimum absolute atomic E-state index is 0.693. The largest absolute Gasteiger partial charge is 0.310 e. The number of rotatable bonds is 5. The van der Waals surface area contributed by atoms with Gasteiger partial charge < -0.3 is 10.2 Å². The van der Waals surface area contributed by atoms with E-state index in [9.17, 15) is 0 Å². The van der Waals surface area contributed by atoms with E-state index in [2.05, 4.69) is 62.4 Å². The Labute approximate surface area is 124 Å². The van der Waals surface area contributed by atoms with Crippen LogP contribution in [0.2, 0.25) is 0 Å². The zero-order valence-corrected chi connectivity index (χ0v) is 13.5. The van der Waals surface area contributed by atoms with Gasteiger partial charge in [0.2, 0.25) is 0 Å². The van der Waals surface area contributed by atoms with Crippen LogP contribution in [0.1, 0.15) is 44.2 Å². The number of hydrogen-bond acceptors (Lipinski definition) is 2. The second-order valence-electron chi connectivity index (χ2n) is 6.89. The first kappa shape index (κ1) is 15.5. The Morgan fingerprint density at radius 1 is 1.10 bits per heavy atom. The van der Waals surface area contributed by atoms with Crippen LogP contribution in [0.25, 0.3) is 0 Å². The van der Waals surface area contributed by atoms with Crippen molar-refractivity contribution in [3.63, 3.8) is 0 Å². The maximum Gasteiger partial charge on any atom is 0.0230 e. The predicted octanol–water partition coefficient (Wildman–Crippen LogP) is 3.66. The van der Waals surface area contributed by atoms with Crippen molar-refractivity contribution in [1.82, 2.24) is 10.2 Å². The molecule has 0 bridgehead atoms. The van der Waals surface area contributed by atoms with Gasteiger partial charge in [-0.1, -0.05) is 38.1 Å². The van der Waals surface area contributed by atoms with Crippen molar-refractivity contribution in [1.29, 1.82) is 0 Å². The molecule has 0 aliphatic heterocycles. The lowest BCUT2D eigenvalue weighted by molar-refractivity contribution is 0.227. The van der Waals surface area contributed by atoms with E-state index in [1.807, 2.05) is 0 Å². The molecule has 3 atom stereocenters. The molecule has 2 heteroatoms. The molecule has 1 aromatic rings. The van der Waals surface area contributed by atoms with E-state index in [4.69, 9.17) is 0 Å². The van der Waals surface area contributed by atoms with Gasteiger partial charge in [-0.2, -0.15) is 0 Å². The molecule has 1 fully saturated rings. The fourth-order valence-corrected chi connectivity index (χ4v) is 3.43. The van der Waals surface area contributed by atoms with Crippen LogP contribution in [-0.2, 0) is 13.1 Å². The molecule has 0 amide bonds. The number of hydrogen-bond donors (Lipinski definition) is 1. The van der Waals surface area contributed by atoms with Crippen LogP contribution in [0.5, 0.6) is 0 Å². The molecule has 20 heavy (non-hydrogen) atoms. The molecule has 0 aromatic heterocycles. The van der Waals surface area contributed by atoms with Crippen molar-refractivity contribution in [2.75, 3.05) is 14.1 Å². The van der Waals surface area contributed by atoms with Crippen LogP contribution >= 0.6 is 0 Å². The molecule has 112 valence electrons. The number of benzene rings is 1. The van der Waals surface area contributed by atoms with Crippen molar-refractivity contribution >= 4 is 0 Å². The van der Waals surface area contributed by atoms with Crippen LogP contribution in [0.15, 0.2) is 24.3 Å².